The van der Waals surface area contributed by atoms with Gasteiger partial charge in [-0.1, -0.05) is 110 Å². The van der Waals surface area contributed by atoms with Gasteiger partial charge < -0.3 is 5.11 Å². The molecule has 0 aromatic carbocycles. The first-order chi connectivity index (χ1) is 10.3. The molecule has 1 nitrogen and oxygen atoms in total. The molecular formula is C20H41O. The minimum Gasteiger partial charge on any atom is -0.393 e. The van der Waals surface area contributed by atoms with Crippen molar-refractivity contribution in [3.05, 3.63) is 6.92 Å². The van der Waals surface area contributed by atoms with Gasteiger partial charge in [0.15, 0.2) is 0 Å². The van der Waals surface area contributed by atoms with Gasteiger partial charge in [-0.2, -0.15) is 0 Å². The summed E-state index contributed by atoms with van der Waals surface area (Å²) < 4.78 is 0. The highest BCUT2D eigenvalue weighted by molar-refractivity contribution is 4.57. The summed E-state index contributed by atoms with van der Waals surface area (Å²) in [5, 5.41) is 9.73. The number of rotatable bonds is 17. The maximum Gasteiger partial charge on any atom is 0.0540 e. The lowest BCUT2D eigenvalue weighted by atomic mass is 10.0. The van der Waals surface area contributed by atoms with E-state index in [1.54, 1.807) is 0 Å². The van der Waals surface area contributed by atoms with E-state index < -0.39 is 0 Å². The zero-order valence-corrected chi connectivity index (χ0v) is 14.8. The minimum atomic E-state index is -0.0699. The molecule has 0 heterocycles. The molecule has 0 aliphatic heterocycles. The molecule has 0 amide bonds. The molecular weight excluding hydrogens is 256 g/mol. The topological polar surface area (TPSA) is 20.2 Å². The van der Waals surface area contributed by atoms with Crippen LogP contribution in [0.2, 0.25) is 0 Å². The van der Waals surface area contributed by atoms with Crippen LogP contribution in [0.1, 0.15) is 116 Å². The molecule has 0 spiro atoms. The van der Waals surface area contributed by atoms with Crippen LogP contribution >= 0.6 is 0 Å². The molecule has 0 aliphatic rings. The van der Waals surface area contributed by atoms with Crippen molar-refractivity contribution in [3.8, 4) is 0 Å². The Kier molecular flexibility index (Phi) is 18.0. The van der Waals surface area contributed by atoms with E-state index in [0.717, 1.165) is 25.7 Å². The van der Waals surface area contributed by atoms with E-state index in [1.165, 1.54) is 83.5 Å². The lowest BCUT2D eigenvalue weighted by Gasteiger charge is -2.09. The Morgan fingerprint density at radius 1 is 0.619 bits per heavy atom. The van der Waals surface area contributed by atoms with Crippen molar-refractivity contribution in [1.82, 2.24) is 0 Å². The third-order valence-corrected chi connectivity index (χ3v) is 4.43. The van der Waals surface area contributed by atoms with E-state index in [1.807, 2.05) is 0 Å². The summed E-state index contributed by atoms with van der Waals surface area (Å²) in [6.45, 7) is 6.10. The summed E-state index contributed by atoms with van der Waals surface area (Å²) in [4.78, 5) is 0. The SMILES string of the molecule is [CH2]CCCC(O)CCCCCCCCCCCCCCC. The zero-order chi connectivity index (χ0) is 15.6. The van der Waals surface area contributed by atoms with Crippen molar-refractivity contribution in [1.29, 1.82) is 0 Å². The van der Waals surface area contributed by atoms with E-state index in [0.29, 0.717) is 0 Å². The van der Waals surface area contributed by atoms with Gasteiger partial charge in [-0.3, -0.25) is 0 Å². The monoisotopic (exact) mass is 297 g/mol. The fourth-order valence-electron chi connectivity index (χ4n) is 2.92. The molecule has 0 aromatic rings. The van der Waals surface area contributed by atoms with Crippen LogP contribution < -0.4 is 0 Å². The number of hydrogen-bond donors (Lipinski definition) is 1. The Bertz CT molecular complexity index is 179. The standard InChI is InChI=1S/C20H41O/c1-3-5-7-8-9-10-11-12-13-14-15-16-17-19-20(21)18-6-4-2/h20-21H,2-19H2,1H3. The molecule has 1 radical (unpaired) electrons. The van der Waals surface area contributed by atoms with Gasteiger partial charge in [0.2, 0.25) is 0 Å². The number of aliphatic hydroxyl groups excluding tert-OH is 1. The molecule has 0 aromatic heterocycles. The Morgan fingerprint density at radius 2 is 1.00 bits per heavy atom. The van der Waals surface area contributed by atoms with E-state index in [9.17, 15) is 5.11 Å². The van der Waals surface area contributed by atoms with Crippen molar-refractivity contribution in [2.24, 2.45) is 0 Å². The third-order valence-electron chi connectivity index (χ3n) is 4.43. The normalized spacial score (nSPS) is 12.7. The van der Waals surface area contributed by atoms with Crippen LogP contribution in [0.25, 0.3) is 0 Å². The van der Waals surface area contributed by atoms with Gasteiger partial charge in [-0.05, 0) is 12.8 Å². The summed E-state index contributed by atoms with van der Waals surface area (Å²) in [6, 6.07) is 0. The molecule has 1 atom stereocenters. The van der Waals surface area contributed by atoms with Crippen LogP contribution in [0.5, 0.6) is 0 Å². The lowest BCUT2D eigenvalue weighted by Crippen LogP contribution is -2.05. The summed E-state index contributed by atoms with van der Waals surface area (Å²) in [5.74, 6) is 0. The van der Waals surface area contributed by atoms with Crippen LogP contribution in [0.3, 0.4) is 0 Å². The quantitative estimate of drug-likeness (QED) is 0.292. The lowest BCUT2D eigenvalue weighted by molar-refractivity contribution is 0.148. The first-order valence-electron chi connectivity index (χ1n) is 9.78. The summed E-state index contributed by atoms with van der Waals surface area (Å²) >= 11 is 0. The average Bonchev–Trinajstić information content (AvgIpc) is 2.49. The maximum absolute atomic E-state index is 9.73. The van der Waals surface area contributed by atoms with Crippen molar-refractivity contribution >= 4 is 0 Å². The maximum atomic E-state index is 9.73. The zero-order valence-electron chi connectivity index (χ0n) is 14.8. The van der Waals surface area contributed by atoms with Crippen molar-refractivity contribution in [2.75, 3.05) is 0 Å². The van der Waals surface area contributed by atoms with E-state index >= 15 is 0 Å². The number of hydrogen-bond acceptors (Lipinski definition) is 1. The largest absolute Gasteiger partial charge is 0.393 e. The second kappa shape index (κ2) is 18.0. The Labute approximate surface area is 134 Å². The number of unbranched alkanes of at least 4 members (excludes halogenated alkanes) is 13. The van der Waals surface area contributed by atoms with Crippen LogP contribution in [-0.4, -0.2) is 11.2 Å². The van der Waals surface area contributed by atoms with E-state index in [2.05, 4.69) is 13.8 Å². The molecule has 127 valence electrons. The van der Waals surface area contributed by atoms with Crippen LogP contribution in [-0.2, 0) is 0 Å². The molecule has 0 bridgehead atoms. The van der Waals surface area contributed by atoms with Gasteiger partial charge in [-0.25, -0.2) is 0 Å². The molecule has 21 heavy (non-hydrogen) atoms. The van der Waals surface area contributed by atoms with Gasteiger partial charge in [0.1, 0.15) is 0 Å². The number of aliphatic hydroxyl groups is 1. The van der Waals surface area contributed by atoms with E-state index in [-0.39, 0.29) is 6.10 Å². The minimum absolute atomic E-state index is 0.0699. The Morgan fingerprint density at radius 3 is 1.43 bits per heavy atom. The third kappa shape index (κ3) is 17.9. The van der Waals surface area contributed by atoms with Crippen molar-refractivity contribution < 1.29 is 5.11 Å². The summed E-state index contributed by atoms with van der Waals surface area (Å²) in [7, 11) is 0. The van der Waals surface area contributed by atoms with Crippen LogP contribution in [0, 0.1) is 6.92 Å². The fourth-order valence-corrected chi connectivity index (χ4v) is 2.92. The van der Waals surface area contributed by atoms with Gasteiger partial charge in [0.25, 0.3) is 0 Å². The predicted molar refractivity (Wildman–Crippen MR) is 95.5 cm³/mol. The highest BCUT2D eigenvalue weighted by Gasteiger charge is 2.02. The van der Waals surface area contributed by atoms with Crippen molar-refractivity contribution in [2.45, 2.75) is 122 Å². The van der Waals surface area contributed by atoms with Gasteiger partial charge in [0.05, 0.1) is 6.10 Å². The van der Waals surface area contributed by atoms with Crippen LogP contribution in [0.4, 0.5) is 0 Å². The first kappa shape index (κ1) is 21.0. The first-order valence-corrected chi connectivity index (χ1v) is 9.78. The van der Waals surface area contributed by atoms with Gasteiger partial charge >= 0.3 is 0 Å². The van der Waals surface area contributed by atoms with Gasteiger partial charge in [0, 0.05) is 0 Å². The second-order valence-electron chi connectivity index (χ2n) is 6.68. The molecule has 0 aliphatic carbocycles. The summed E-state index contributed by atoms with van der Waals surface area (Å²) in [5.41, 5.74) is 0. The molecule has 0 fully saturated rings. The molecule has 1 N–H and O–H groups in total. The highest BCUT2D eigenvalue weighted by atomic mass is 16.3. The molecule has 0 saturated carbocycles. The predicted octanol–water partition coefficient (Wildman–Crippen LogP) is 6.83. The van der Waals surface area contributed by atoms with E-state index in [4.69, 9.17) is 0 Å². The highest BCUT2D eigenvalue weighted by Crippen LogP contribution is 2.14. The van der Waals surface area contributed by atoms with Crippen molar-refractivity contribution in [3.63, 3.8) is 0 Å². The second-order valence-corrected chi connectivity index (χ2v) is 6.68. The molecule has 0 rings (SSSR count). The fraction of sp³-hybridized carbons (Fsp3) is 0.950. The van der Waals surface area contributed by atoms with Crippen LogP contribution in [0.15, 0.2) is 0 Å². The Hall–Kier alpha value is -0.0400. The molecule has 0 saturated heterocycles. The summed E-state index contributed by atoms with van der Waals surface area (Å²) in [6.07, 6.45) is 22.0. The average molecular weight is 298 g/mol. The smallest absolute Gasteiger partial charge is 0.0540 e. The Balaban J connectivity index is 3.02. The molecule has 1 unspecified atom stereocenters. The molecule has 1 heteroatoms. The van der Waals surface area contributed by atoms with Gasteiger partial charge in [-0.15, -0.1) is 0 Å².